The smallest absolute Gasteiger partial charge is 0.264 e. The van der Waals surface area contributed by atoms with Crippen LogP contribution in [0.1, 0.15) is 73.4 Å². The molecule has 1 heterocycles. The van der Waals surface area contributed by atoms with Gasteiger partial charge < -0.3 is 14.7 Å². The van der Waals surface area contributed by atoms with Crippen molar-refractivity contribution in [2.75, 3.05) is 30.3 Å². The summed E-state index contributed by atoms with van der Waals surface area (Å²) in [5, 5.41) is 11.7. The number of nitrogens with zero attached hydrogens (tertiary/aromatic N) is 1. The Kier molecular flexibility index (Phi) is 9.89. The number of aliphatic hydroxyl groups is 1. The molecule has 1 fully saturated rings. The minimum absolute atomic E-state index is 0.163. The van der Waals surface area contributed by atoms with Crippen molar-refractivity contribution in [3.63, 3.8) is 0 Å². The molecule has 3 aliphatic rings. The first kappa shape index (κ1) is 31.6. The van der Waals surface area contributed by atoms with E-state index >= 15 is 0 Å². The molecule has 1 aliphatic heterocycles. The molecule has 0 aromatic heterocycles. The number of unbranched alkanes of at least 4 members (excludes halogenated alkanes) is 1. The highest BCUT2D eigenvalue weighted by atomic mass is 35.5. The Bertz CT molecular complexity index is 1480. The number of aryl methyl sites for hydroxylation is 1. The number of sulfonamides is 1. The van der Waals surface area contributed by atoms with Crippen LogP contribution < -0.4 is 14.4 Å². The fourth-order valence-corrected chi connectivity index (χ4v) is 8.02. The van der Waals surface area contributed by atoms with Gasteiger partial charge in [-0.15, -0.1) is 6.58 Å². The number of rotatable bonds is 11. The van der Waals surface area contributed by atoms with E-state index in [9.17, 15) is 18.3 Å². The number of ether oxygens (including phenoxy) is 1. The van der Waals surface area contributed by atoms with E-state index in [0.29, 0.717) is 25.4 Å². The predicted molar refractivity (Wildman–Crippen MR) is 173 cm³/mol. The normalized spacial score (nSPS) is 23.9. The van der Waals surface area contributed by atoms with Crippen molar-refractivity contribution < 1.29 is 23.1 Å². The average Bonchev–Trinajstić information content (AvgIpc) is 3.11. The highest BCUT2D eigenvalue weighted by Gasteiger charge is 2.44. The van der Waals surface area contributed by atoms with E-state index in [0.717, 1.165) is 55.7 Å². The monoisotopic (exact) mass is 626 g/mol. The lowest BCUT2D eigenvalue weighted by Gasteiger charge is -2.45. The fourth-order valence-electron chi connectivity index (χ4n) is 6.84. The molecule has 0 saturated heterocycles. The first-order valence-electron chi connectivity index (χ1n) is 15.5. The number of hydrogen-bond donors (Lipinski definition) is 2. The molecule has 1 saturated carbocycles. The van der Waals surface area contributed by atoms with Gasteiger partial charge in [0.1, 0.15) is 5.75 Å². The van der Waals surface area contributed by atoms with Crippen LogP contribution in [-0.4, -0.2) is 51.0 Å². The highest BCUT2D eigenvalue weighted by Crippen LogP contribution is 2.46. The number of aliphatic hydroxyl groups excluding tert-OH is 1. The Labute approximate surface area is 261 Å². The number of anilines is 1. The maximum absolute atomic E-state index is 13.1. The maximum atomic E-state index is 13.1. The zero-order chi connectivity index (χ0) is 30.6. The van der Waals surface area contributed by atoms with Gasteiger partial charge in [-0.25, -0.2) is 13.1 Å². The van der Waals surface area contributed by atoms with Gasteiger partial charge in [0.15, 0.2) is 0 Å². The summed E-state index contributed by atoms with van der Waals surface area (Å²) in [4.78, 5) is 15.4. The molecule has 1 spiro atoms. The molecular weight excluding hydrogens is 584 g/mol. The van der Waals surface area contributed by atoms with E-state index in [2.05, 4.69) is 41.3 Å². The van der Waals surface area contributed by atoms with Crippen molar-refractivity contribution in [3.8, 4) is 5.75 Å². The Morgan fingerprint density at radius 3 is 2.84 bits per heavy atom. The lowest BCUT2D eigenvalue weighted by atomic mass is 9.68. The number of amides is 1. The summed E-state index contributed by atoms with van der Waals surface area (Å²) in [5.74, 6) is 0.238. The van der Waals surface area contributed by atoms with Gasteiger partial charge in [0, 0.05) is 29.1 Å². The molecule has 7 nitrogen and oxygen atoms in total. The van der Waals surface area contributed by atoms with Gasteiger partial charge in [-0.05, 0) is 98.2 Å². The Hall–Kier alpha value is -2.81. The van der Waals surface area contributed by atoms with Crippen LogP contribution in [0.15, 0.2) is 61.2 Å². The number of fused-ring (bicyclic) bond motifs is 3. The second kappa shape index (κ2) is 13.4. The summed E-state index contributed by atoms with van der Waals surface area (Å²) in [6.45, 7) is 7.57. The number of halogens is 1. The van der Waals surface area contributed by atoms with Crippen LogP contribution in [0.3, 0.4) is 0 Å². The third kappa shape index (κ3) is 7.13. The van der Waals surface area contributed by atoms with E-state index in [1.54, 1.807) is 18.2 Å². The number of carbonyl (C=O) groups excluding carboxylic acids is 1. The molecule has 5 rings (SSSR count). The first-order chi connectivity index (χ1) is 20.6. The Morgan fingerprint density at radius 1 is 1.26 bits per heavy atom. The summed E-state index contributed by atoms with van der Waals surface area (Å²) in [6, 6.07) is 11.3. The number of benzene rings is 2. The van der Waals surface area contributed by atoms with Gasteiger partial charge in [0.2, 0.25) is 10.0 Å². The maximum Gasteiger partial charge on any atom is 0.264 e. The van der Waals surface area contributed by atoms with Gasteiger partial charge >= 0.3 is 0 Å². The van der Waals surface area contributed by atoms with Crippen LogP contribution in [0.4, 0.5) is 5.69 Å². The third-order valence-electron chi connectivity index (χ3n) is 9.30. The van der Waals surface area contributed by atoms with Crippen molar-refractivity contribution in [3.05, 3.63) is 82.9 Å². The van der Waals surface area contributed by atoms with Gasteiger partial charge in [-0.2, -0.15) is 0 Å². The van der Waals surface area contributed by atoms with Crippen molar-refractivity contribution in [1.82, 2.24) is 4.72 Å². The van der Waals surface area contributed by atoms with Gasteiger partial charge in [-0.1, -0.05) is 49.2 Å². The van der Waals surface area contributed by atoms with Crippen molar-refractivity contribution in [1.29, 1.82) is 0 Å². The lowest BCUT2D eigenvalue weighted by Crippen LogP contribution is -2.49. The van der Waals surface area contributed by atoms with Crippen molar-refractivity contribution in [2.45, 2.75) is 69.8 Å². The molecule has 2 aromatic carbocycles. The van der Waals surface area contributed by atoms with Crippen LogP contribution in [0, 0.1) is 11.8 Å². The molecule has 1 unspecified atom stereocenters. The van der Waals surface area contributed by atoms with Crippen LogP contribution in [0.25, 0.3) is 0 Å². The molecule has 2 aliphatic carbocycles. The van der Waals surface area contributed by atoms with Gasteiger partial charge in [0.05, 0.1) is 24.2 Å². The minimum atomic E-state index is -3.79. The quantitative estimate of drug-likeness (QED) is 0.289. The molecule has 9 heteroatoms. The summed E-state index contributed by atoms with van der Waals surface area (Å²) in [5.41, 5.74) is 3.26. The third-order valence-corrected chi connectivity index (χ3v) is 10.8. The Morgan fingerprint density at radius 2 is 2.09 bits per heavy atom. The molecule has 0 radical (unpaired) electrons. The summed E-state index contributed by atoms with van der Waals surface area (Å²) < 4.78 is 33.6. The molecule has 4 atom stereocenters. The zero-order valence-electron chi connectivity index (χ0n) is 24.9. The number of allylic oxidation sites excluding steroid dienone is 2. The molecule has 232 valence electrons. The van der Waals surface area contributed by atoms with Crippen LogP contribution in [-0.2, 0) is 21.9 Å². The molecule has 2 N–H and O–H groups in total. The second-order valence-corrected chi connectivity index (χ2v) is 14.6. The molecule has 43 heavy (non-hydrogen) atoms. The molecule has 0 bridgehead atoms. The SMILES string of the molecule is C=CCCS(=O)(=O)NC(=O)c1ccc2c(c1)N(C[C@@H]1CC[C@H]1[C@H](O)/C=C/CCC)CC1(CCCc3cc(Cl)ccc31)CO2. The van der Waals surface area contributed by atoms with Crippen molar-refractivity contribution >= 4 is 33.2 Å². The average molecular weight is 627 g/mol. The summed E-state index contributed by atoms with van der Waals surface area (Å²) in [7, 11) is -3.79. The highest BCUT2D eigenvalue weighted by molar-refractivity contribution is 7.90. The van der Waals surface area contributed by atoms with E-state index in [1.807, 2.05) is 12.1 Å². The predicted octanol–water partition coefficient (Wildman–Crippen LogP) is 6.19. The first-order valence-corrected chi connectivity index (χ1v) is 17.5. The number of hydrogen-bond acceptors (Lipinski definition) is 6. The zero-order valence-corrected chi connectivity index (χ0v) is 26.5. The second-order valence-electron chi connectivity index (χ2n) is 12.3. The largest absolute Gasteiger partial charge is 0.490 e. The van der Waals surface area contributed by atoms with Crippen molar-refractivity contribution in [2.24, 2.45) is 11.8 Å². The number of nitrogens with one attached hydrogen (secondary N) is 1. The summed E-state index contributed by atoms with van der Waals surface area (Å²) in [6.07, 6.45) is 12.2. The van der Waals surface area contributed by atoms with Gasteiger partial charge in [0.25, 0.3) is 5.91 Å². The topological polar surface area (TPSA) is 95.9 Å². The van der Waals surface area contributed by atoms with E-state index < -0.39 is 22.0 Å². The Balaban J connectivity index is 1.48. The van der Waals surface area contributed by atoms with Crippen LogP contribution >= 0.6 is 11.6 Å². The summed E-state index contributed by atoms with van der Waals surface area (Å²) >= 11 is 6.39. The number of carbonyl (C=O) groups is 1. The lowest BCUT2D eigenvalue weighted by molar-refractivity contribution is 0.0456. The minimum Gasteiger partial charge on any atom is -0.490 e. The van der Waals surface area contributed by atoms with Gasteiger partial charge in [-0.3, -0.25) is 4.79 Å². The van der Waals surface area contributed by atoms with Crippen LogP contribution in [0.2, 0.25) is 5.02 Å². The van der Waals surface area contributed by atoms with Crippen LogP contribution in [0.5, 0.6) is 5.75 Å². The molecular formula is C34H43ClN2O5S. The van der Waals surface area contributed by atoms with E-state index in [-0.39, 0.29) is 35.0 Å². The standard InChI is InChI=1S/C34H43ClN2O5S/c1-3-5-7-10-31(38)28-14-11-26(28)21-37-22-34(17-8-9-24-19-27(35)13-15-29(24)34)23-42-32-16-12-25(20-30(32)37)33(39)36-43(40,41)18-6-4-2/h4,7,10,12-13,15-16,19-20,26,28,31,38H,2-3,5-6,8-9,11,14,17-18,21-23H2,1H3,(H,36,39)/b10-7+/t26-,28+,31+,34?/m0/s1. The van der Waals surface area contributed by atoms with E-state index in [1.165, 1.54) is 17.2 Å². The molecule has 1 amide bonds. The van der Waals surface area contributed by atoms with E-state index in [4.69, 9.17) is 16.3 Å². The fraction of sp³-hybridized carbons (Fsp3) is 0.500. The molecule has 2 aromatic rings.